The van der Waals surface area contributed by atoms with Crippen molar-refractivity contribution in [2.75, 3.05) is 6.26 Å². The summed E-state index contributed by atoms with van der Waals surface area (Å²) >= 11 is 3.06. The summed E-state index contributed by atoms with van der Waals surface area (Å²) in [4.78, 5) is 0. The van der Waals surface area contributed by atoms with E-state index in [0.29, 0.717) is 0 Å². The Hall–Kier alpha value is 1.27. The maximum absolute atomic E-state index is 10.7. The monoisotopic (exact) mass is 382 g/mol. The van der Waals surface area contributed by atoms with Crippen LogP contribution in [0.25, 0.3) is 0 Å². The Kier molecular flexibility index (Phi) is 12.1. The Morgan fingerprint density at radius 1 is 1.42 bits per heavy atom. The van der Waals surface area contributed by atoms with E-state index in [0.717, 1.165) is 0 Å². The molecule has 0 amide bonds. The van der Waals surface area contributed by atoms with E-state index < -0.39 is 15.6 Å². The summed E-state index contributed by atoms with van der Waals surface area (Å²) < 4.78 is 58.9. The second kappa shape index (κ2) is 7.65. The Bertz CT molecular complexity index is 190. The van der Waals surface area contributed by atoms with Crippen LogP contribution in [0.2, 0.25) is 0 Å². The number of hydrogen-bond acceptors (Lipinski definition) is 4. The second-order valence-corrected chi connectivity index (χ2v) is 4.68. The molecular formula is C2H3AgBrF3O3S2. The standard InChI is InChI=1S/CH3BrS.CHF3O3S.Ag/c1-3-2;2-1(3,4)8(5,6)7;/h1H3;(H,5,6,7);/q;;+1/p-1. The minimum absolute atomic E-state index is 0. The quantitative estimate of drug-likeness (QED) is 0.363. The molecule has 0 unspecified atom stereocenters. The maximum Gasteiger partial charge on any atom is 1.00 e. The van der Waals surface area contributed by atoms with E-state index in [1.807, 2.05) is 6.26 Å². The molecule has 0 rings (SSSR count). The van der Waals surface area contributed by atoms with Crippen LogP contribution in [0.5, 0.6) is 0 Å². The van der Waals surface area contributed by atoms with Crippen LogP contribution >= 0.6 is 25.0 Å². The van der Waals surface area contributed by atoms with Crippen LogP contribution in [0.15, 0.2) is 0 Å². The van der Waals surface area contributed by atoms with Gasteiger partial charge < -0.3 is 4.55 Å². The fourth-order valence-corrected chi connectivity index (χ4v) is 0. The molecule has 0 heterocycles. The van der Waals surface area contributed by atoms with Crippen molar-refractivity contribution >= 4 is 35.1 Å². The minimum Gasteiger partial charge on any atom is -0.741 e. The van der Waals surface area contributed by atoms with Gasteiger partial charge in [0.1, 0.15) is 0 Å². The van der Waals surface area contributed by atoms with Crippen LogP contribution in [0.3, 0.4) is 0 Å². The summed E-state index contributed by atoms with van der Waals surface area (Å²) in [5, 5.41) is 0. The van der Waals surface area contributed by atoms with E-state index in [2.05, 4.69) is 14.8 Å². The topological polar surface area (TPSA) is 57.2 Å². The van der Waals surface area contributed by atoms with E-state index in [4.69, 9.17) is 13.0 Å². The van der Waals surface area contributed by atoms with Crippen molar-refractivity contribution in [2.24, 2.45) is 0 Å². The molecule has 0 aliphatic heterocycles. The summed E-state index contributed by atoms with van der Waals surface area (Å²) in [5.74, 6) is 0. The third-order valence-electron chi connectivity index (χ3n) is 0.283. The first-order valence-corrected chi connectivity index (χ1v) is 6.31. The van der Waals surface area contributed by atoms with Crippen molar-refractivity contribution < 1.29 is 48.5 Å². The third kappa shape index (κ3) is 11.3. The van der Waals surface area contributed by atoms with Crippen molar-refractivity contribution in [1.82, 2.24) is 0 Å². The van der Waals surface area contributed by atoms with Crippen LogP contribution in [-0.4, -0.2) is 24.7 Å². The molecule has 0 aromatic carbocycles. The third-order valence-corrected chi connectivity index (χ3v) is 0.850. The minimum atomic E-state index is -6.09. The summed E-state index contributed by atoms with van der Waals surface area (Å²) in [7, 11) is -4.53. The predicted octanol–water partition coefficient (Wildman–Crippen LogP) is 1.71. The zero-order chi connectivity index (χ0) is 9.71. The molecule has 0 atom stereocenters. The van der Waals surface area contributed by atoms with Gasteiger partial charge in [0.25, 0.3) is 0 Å². The van der Waals surface area contributed by atoms with Gasteiger partial charge >= 0.3 is 27.9 Å². The van der Waals surface area contributed by atoms with Crippen LogP contribution < -0.4 is 0 Å². The SMILES string of the molecule is CSBr.O=S(=O)([O-])C(F)(F)F.[Ag+]. The summed E-state index contributed by atoms with van der Waals surface area (Å²) in [6.45, 7) is 0. The van der Waals surface area contributed by atoms with Crippen molar-refractivity contribution in [1.29, 1.82) is 0 Å². The Morgan fingerprint density at radius 2 is 1.50 bits per heavy atom. The molecule has 0 bridgehead atoms. The maximum atomic E-state index is 10.7. The fraction of sp³-hybridized carbons (Fsp3) is 1.00. The van der Waals surface area contributed by atoms with Gasteiger partial charge in [-0.25, -0.2) is 8.42 Å². The molecule has 0 saturated heterocycles. The smallest absolute Gasteiger partial charge is 0.741 e. The molecule has 0 aliphatic rings. The van der Waals surface area contributed by atoms with Crippen molar-refractivity contribution in [3.8, 4) is 0 Å². The molecule has 80 valence electrons. The van der Waals surface area contributed by atoms with Gasteiger partial charge in [0.05, 0.1) is 0 Å². The molecule has 0 aromatic rings. The van der Waals surface area contributed by atoms with E-state index >= 15 is 0 Å². The van der Waals surface area contributed by atoms with Crippen molar-refractivity contribution in [2.45, 2.75) is 5.51 Å². The number of rotatable bonds is 0. The van der Waals surface area contributed by atoms with Crippen LogP contribution in [-0.2, 0) is 32.5 Å². The molecule has 0 fully saturated rings. The number of alkyl halides is 3. The summed E-state index contributed by atoms with van der Waals surface area (Å²) in [6, 6.07) is 0. The summed E-state index contributed by atoms with van der Waals surface area (Å²) in [5.41, 5.74) is -5.65. The fourth-order valence-electron chi connectivity index (χ4n) is 0. The van der Waals surface area contributed by atoms with Crippen LogP contribution in [0, 0.1) is 0 Å². The van der Waals surface area contributed by atoms with Crippen molar-refractivity contribution in [3.63, 3.8) is 0 Å². The van der Waals surface area contributed by atoms with E-state index in [-0.39, 0.29) is 22.4 Å². The van der Waals surface area contributed by atoms with Crippen LogP contribution in [0.1, 0.15) is 0 Å². The predicted molar refractivity (Wildman–Crippen MR) is 38.2 cm³/mol. The Labute approximate surface area is 94.9 Å². The molecule has 3 nitrogen and oxygen atoms in total. The van der Waals surface area contributed by atoms with Gasteiger partial charge in [-0.05, 0) is 21.1 Å². The molecular weight excluding hydrogens is 381 g/mol. The number of hydrogen-bond donors (Lipinski definition) is 0. The normalized spacial score (nSPS) is 10.8. The van der Waals surface area contributed by atoms with Gasteiger partial charge in [-0.3, -0.25) is 0 Å². The summed E-state index contributed by atoms with van der Waals surface area (Å²) in [6.07, 6.45) is 1.96. The first-order valence-electron chi connectivity index (χ1n) is 1.83. The van der Waals surface area contributed by atoms with Gasteiger partial charge in [0.15, 0.2) is 10.1 Å². The zero-order valence-electron chi connectivity index (χ0n) is 5.35. The molecule has 0 aromatic heterocycles. The van der Waals surface area contributed by atoms with Gasteiger partial charge in [0, 0.05) is 0 Å². The average molecular weight is 384 g/mol. The van der Waals surface area contributed by atoms with Crippen LogP contribution in [0.4, 0.5) is 13.2 Å². The second-order valence-electron chi connectivity index (χ2n) is 1.05. The van der Waals surface area contributed by atoms with Gasteiger partial charge in [0.2, 0.25) is 0 Å². The van der Waals surface area contributed by atoms with E-state index in [1.165, 1.54) is 0 Å². The van der Waals surface area contributed by atoms with E-state index in [9.17, 15) is 13.2 Å². The first kappa shape index (κ1) is 18.9. The Morgan fingerprint density at radius 3 is 1.50 bits per heavy atom. The average Bonchev–Trinajstić information content (AvgIpc) is 1.60. The largest absolute Gasteiger partial charge is 1.00 e. The Balaban J connectivity index is -0.000000177. The zero-order valence-corrected chi connectivity index (χ0v) is 10.1. The molecule has 10 heteroatoms. The van der Waals surface area contributed by atoms with Crippen molar-refractivity contribution in [3.05, 3.63) is 0 Å². The molecule has 0 N–H and O–H groups in total. The number of halogens is 4. The van der Waals surface area contributed by atoms with Gasteiger partial charge in [-0.1, -0.05) is 10.2 Å². The van der Waals surface area contributed by atoms with Gasteiger partial charge in [-0.2, -0.15) is 13.2 Å². The first-order chi connectivity index (χ1) is 4.66. The van der Waals surface area contributed by atoms with E-state index in [1.54, 1.807) is 10.2 Å². The molecule has 0 saturated carbocycles. The van der Waals surface area contributed by atoms with Gasteiger partial charge in [-0.15, -0.1) is 0 Å². The molecule has 0 spiro atoms. The molecule has 0 aliphatic carbocycles. The molecule has 0 radical (unpaired) electrons. The molecule has 12 heavy (non-hydrogen) atoms.